The van der Waals surface area contributed by atoms with Gasteiger partial charge in [-0.2, -0.15) is 0 Å². The lowest BCUT2D eigenvalue weighted by atomic mass is 10.0. The number of benzene rings is 3. The molecule has 1 heterocycles. The molecule has 0 saturated carbocycles. The maximum Gasteiger partial charge on any atom is 0.235 e. The van der Waals surface area contributed by atoms with E-state index in [1.165, 1.54) is 0 Å². The van der Waals surface area contributed by atoms with Crippen LogP contribution in [0, 0.1) is 27.7 Å². The molecule has 3 nitrogen and oxygen atoms in total. The molecule has 3 heteroatoms. The molecule has 3 aromatic carbocycles. The van der Waals surface area contributed by atoms with Crippen molar-refractivity contribution in [1.29, 1.82) is 0 Å². The Balaban J connectivity index is 1.89. The van der Waals surface area contributed by atoms with Crippen molar-refractivity contribution < 1.29 is 9.15 Å². The maximum atomic E-state index is 13.4. The molecule has 1 aromatic heterocycles. The van der Waals surface area contributed by atoms with Gasteiger partial charge in [0.2, 0.25) is 11.2 Å². The zero-order chi connectivity index (χ0) is 20.5. The first-order chi connectivity index (χ1) is 13.9. The summed E-state index contributed by atoms with van der Waals surface area (Å²) in [5, 5.41) is 0.553. The third-order valence-electron chi connectivity index (χ3n) is 5.06. The Morgan fingerprint density at radius 1 is 0.828 bits per heavy atom. The summed E-state index contributed by atoms with van der Waals surface area (Å²) < 4.78 is 12.3. The lowest BCUT2D eigenvalue weighted by Gasteiger charge is -2.13. The molecule has 0 aliphatic heterocycles. The maximum absolute atomic E-state index is 13.4. The van der Waals surface area contributed by atoms with Gasteiger partial charge in [-0.25, -0.2) is 0 Å². The second-order valence-corrected chi connectivity index (χ2v) is 7.69. The molecular formula is C26H24O3. The predicted molar refractivity (Wildman–Crippen MR) is 118 cm³/mol. The fourth-order valence-electron chi connectivity index (χ4n) is 3.62. The van der Waals surface area contributed by atoms with E-state index in [1.807, 2.05) is 82.3 Å². The number of hydrogen-bond acceptors (Lipinski definition) is 3. The van der Waals surface area contributed by atoms with Gasteiger partial charge in [0.25, 0.3) is 0 Å². The highest BCUT2D eigenvalue weighted by Gasteiger charge is 2.19. The van der Waals surface area contributed by atoms with Gasteiger partial charge in [-0.05, 0) is 50.5 Å². The molecule has 0 fully saturated rings. The van der Waals surface area contributed by atoms with E-state index in [0.717, 1.165) is 33.4 Å². The molecule has 0 bridgehead atoms. The van der Waals surface area contributed by atoms with E-state index in [1.54, 1.807) is 0 Å². The molecule has 0 aliphatic rings. The lowest BCUT2D eigenvalue weighted by Crippen LogP contribution is -2.11. The second kappa shape index (κ2) is 7.59. The monoisotopic (exact) mass is 384 g/mol. The van der Waals surface area contributed by atoms with Crippen LogP contribution in [-0.2, 0) is 6.61 Å². The van der Waals surface area contributed by atoms with E-state index in [9.17, 15) is 4.79 Å². The highest BCUT2D eigenvalue weighted by atomic mass is 16.5. The van der Waals surface area contributed by atoms with Crippen LogP contribution in [0.4, 0.5) is 0 Å². The number of aryl methyl sites for hydroxylation is 4. The van der Waals surface area contributed by atoms with Crippen molar-refractivity contribution in [2.24, 2.45) is 0 Å². The molecule has 0 N–H and O–H groups in total. The SMILES string of the molecule is Cc1ccc(-c2oc3c(C)cc(C)cc3c(=O)c2OCc2cccc(C)c2)cc1. The van der Waals surface area contributed by atoms with Crippen LogP contribution in [0.5, 0.6) is 5.75 Å². The Labute approximate surface area is 170 Å². The van der Waals surface area contributed by atoms with Crippen LogP contribution < -0.4 is 10.2 Å². The first kappa shape index (κ1) is 19.0. The molecule has 0 amide bonds. The predicted octanol–water partition coefficient (Wildman–Crippen LogP) is 6.27. The van der Waals surface area contributed by atoms with Crippen molar-refractivity contribution in [2.75, 3.05) is 0 Å². The summed E-state index contributed by atoms with van der Waals surface area (Å²) in [7, 11) is 0. The van der Waals surface area contributed by atoms with Crippen molar-refractivity contribution in [2.45, 2.75) is 34.3 Å². The summed E-state index contributed by atoms with van der Waals surface area (Å²) >= 11 is 0. The lowest BCUT2D eigenvalue weighted by molar-refractivity contribution is 0.297. The molecule has 0 aliphatic carbocycles. The van der Waals surface area contributed by atoms with E-state index in [0.29, 0.717) is 23.3 Å². The third kappa shape index (κ3) is 3.81. The Kier molecular flexibility index (Phi) is 4.98. The minimum Gasteiger partial charge on any atom is -0.481 e. The molecule has 146 valence electrons. The van der Waals surface area contributed by atoms with E-state index < -0.39 is 0 Å². The topological polar surface area (TPSA) is 39.4 Å². The van der Waals surface area contributed by atoms with Crippen molar-refractivity contribution >= 4 is 11.0 Å². The zero-order valence-electron chi connectivity index (χ0n) is 17.2. The fourth-order valence-corrected chi connectivity index (χ4v) is 3.62. The molecule has 0 spiro atoms. The largest absolute Gasteiger partial charge is 0.481 e. The standard InChI is InChI=1S/C26H24O3/c1-16-8-10-21(11-9-16)25-26(28-15-20-7-5-6-17(2)13-20)23(27)22-14-18(3)12-19(4)24(22)29-25/h5-14H,15H2,1-4H3. The van der Waals surface area contributed by atoms with Crippen LogP contribution in [-0.4, -0.2) is 0 Å². The highest BCUT2D eigenvalue weighted by Crippen LogP contribution is 2.33. The summed E-state index contributed by atoms with van der Waals surface area (Å²) in [5.74, 6) is 0.731. The average Bonchev–Trinajstić information content (AvgIpc) is 2.68. The van der Waals surface area contributed by atoms with Crippen LogP contribution in [0.1, 0.15) is 27.8 Å². The van der Waals surface area contributed by atoms with Gasteiger partial charge in [0.1, 0.15) is 12.2 Å². The van der Waals surface area contributed by atoms with Gasteiger partial charge < -0.3 is 9.15 Å². The quantitative estimate of drug-likeness (QED) is 0.416. The van der Waals surface area contributed by atoms with E-state index in [-0.39, 0.29) is 11.2 Å². The van der Waals surface area contributed by atoms with Crippen LogP contribution in [0.2, 0.25) is 0 Å². The van der Waals surface area contributed by atoms with Gasteiger partial charge in [-0.15, -0.1) is 0 Å². The zero-order valence-corrected chi connectivity index (χ0v) is 17.2. The number of ether oxygens (including phenoxy) is 1. The Morgan fingerprint density at radius 2 is 1.59 bits per heavy atom. The van der Waals surface area contributed by atoms with Gasteiger partial charge in [-0.3, -0.25) is 4.79 Å². The van der Waals surface area contributed by atoms with Crippen LogP contribution in [0.15, 0.2) is 69.9 Å². The van der Waals surface area contributed by atoms with Crippen LogP contribution in [0.25, 0.3) is 22.3 Å². The second-order valence-electron chi connectivity index (χ2n) is 7.69. The molecule has 0 atom stereocenters. The number of hydrogen-bond donors (Lipinski definition) is 0. The van der Waals surface area contributed by atoms with Gasteiger partial charge in [0, 0.05) is 5.56 Å². The minimum absolute atomic E-state index is 0.138. The first-order valence-electron chi connectivity index (χ1n) is 9.76. The Morgan fingerprint density at radius 3 is 2.31 bits per heavy atom. The summed E-state index contributed by atoms with van der Waals surface area (Å²) in [4.78, 5) is 13.4. The van der Waals surface area contributed by atoms with Crippen molar-refractivity contribution in [3.63, 3.8) is 0 Å². The van der Waals surface area contributed by atoms with Gasteiger partial charge in [0.15, 0.2) is 5.76 Å². The first-order valence-corrected chi connectivity index (χ1v) is 9.76. The molecular weight excluding hydrogens is 360 g/mol. The summed E-state index contributed by atoms with van der Waals surface area (Å²) in [6.45, 7) is 8.32. The van der Waals surface area contributed by atoms with Crippen LogP contribution >= 0.6 is 0 Å². The summed E-state index contributed by atoms with van der Waals surface area (Å²) in [5.41, 5.74) is 6.58. The van der Waals surface area contributed by atoms with Crippen molar-refractivity contribution in [3.05, 3.63) is 98.7 Å². The van der Waals surface area contributed by atoms with E-state index in [4.69, 9.17) is 9.15 Å². The van der Waals surface area contributed by atoms with Crippen molar-refractivity contribution in [1.82, 2.24) is 0 Å². The smallest absolute Gasteiger partial charge is 0.235 e. The Hall–Kier alpha value is -3.33. The van der Waals surface area contributed by atoms with Gasteiger partial charge in [-0.1, -0.05) is 65.7 Å². The third-order valence-corrected chi connectivity index (χ3v) is 5.06. The van der Waals surface area contributed by atoms with Crippen molar-refractivity contribution in [3.8, 4) is 17.1 Å². The highest BCUT2D eigenvalue weighted by molar-refractivity contribution is 5.85. The molecule has 0 radical (unpaired) electrons. The van der Waals surface area contributed by atoms with Gasteiger partial charge >= 0.3 is 0 Å². The van der Waals surface area contributed by atoms with E-state index >= 15 is 0 Å². The minimum atomic E-state index is -0.138. The summed E-state index contributed by atoms with van der Waals surface area (Å²) in [6, 6.07) is 19.9. The molecule has 4 aromatic rings. The normalized spacial score (nSPS) is 11.0. The molecule has 0 unspecified atom stereocenters. The van der Waals surface area contributed by atoms with Gasteiger partial charge in [0.05, 0.1) is 5.39 Å². The Bertz CT molecular complexity index is 1250. The molecule has 4 rings (SSSR count). The number of fused-ring (bicyclic) bond motifs is 1. The fraction of sp³-hybridized carbons (Fsp3) is 0.192. The molecule has 0 saturated heterocycles. The average molecular weight is 384 g/mol. The number of rotatable bonds is 4. The van der Waals surface area contributed by atoms with E-state index in [2.05, 4.69) is 6.07 Å². The molecule has 29 heavy (non-hydrogen) atoms. The summed E-state index contributed by atoms with van der Waals surface area (Å²) in [6.07, 6.45) is 0. The van der Waals surface area contributed by atoms with Crippen LogP contribution in [0.3, 0.4) is 0 Å².